The molecular formula is C20H24N2O2. The number of amides is 2. The fraction of sp³-hybridized carbons (Fsp3) is 0.400. The Kier molecular flexibility index (Phi) is 5.14. The van der Waals surface area contributed by atoms with E-state index in [0.717, 1.165) is 29.2 Å². The van der Waals surface area contributed by atoms with E-state index in [1.54, 1.807) is 0 Å². The molecule has 0 saturated carbocycles. The minimum Gasteiger partial charge on any atom is -0.339 e. The molecule has 2 aromatic carbocycles. The third-order valence-electron chi connectivity index (χ3n) is 4.68. The van der Waals surface area contributed by atoms with E-state index in [1.165, 1.54) is 0 Å². The van der Waals surface area contributed by atoms with Crippen LogP contribution in [-0.2, 0) is 4.79 Å². The van der Waals surface area contributed by atoms with Gasteiger partial charge in [0.25, 0.3) is 5.91 Å². The zero-order valence-corrected chi connectivity index (χ0v) is 14.2. The van der Waals surface area contributed by atoms with Gasteiger partial charge in [0.1, 0.15) is 0 Å². The molecule has 2 aromatic rings. The first-order chi connectivity index (χ1) is 11.7. The fourth-order valence-corrected chi connectivity index (χ4v) is 3.23. The SMILES string of the molecule is CCCCC(=O)N1CCN(C(=O)c2cccc3ccccc23)CC1. The molecule has 0 N–H and O–H groups in total. The van der Waals surface area contributed by atoms with Crippen molar-refractivity contribution in [3.8, 4) is 0 Å². The highest BCUT2D eigenvalue weighted by molar-refractivity contribution is 6.07. The summed E-state index contributed by atoms with van der Waals surface area (Å²) in [5, 5.41) is 2.07. The van der Waals surface area contributed by atoms with Crippen molar-refractivity contribution < 1.29 is 9.59 Å². The van der Waals surface area contributed by atoms with Crippen LogP contribution in [0, 0.1) is 0 Å². The first-order valence-electron chi connectivity index (χ1n) is 8.75. The zero-order valence-electron chi connectivity index (χ0n) is 14.2. The monoisotopic (exact) mass is 324 g/mol. The smallest absolute Gasteiger partial charge is 0.254 e. The van der Waals surface area contributed by atoms with Crippen molar-refractivity contribution in [3.63, 3.8) is 0 Å². The van der Waals surface area contributed by atoms with Crippen molar-refractivity contribution in [2.45, 2.75) is 26.2 Å². The number of fused-ring (bicyclic) bond motifs is 1. The number of hydrogen-bond donors (Lipinski definition) is 0. The first-order valence-corrected chi connectivity index (χ1v) is 8.75. The van der Waals surface area contributed by atoms with E-state index in [2.05, 4.69) is 6.92 Å². The molecule has 0 atom stereocenters. The van der Waals surface area contributed by atoms with E-state index in [9.17, 15) is 9.59 Å². The lowest BCUT2D eigenvalue weighted by Gasteiger charge is -2.35. The van der Waals surface area contributed by atoms with Gasteiger partial charge in [-0.05, 0) is 23.3 Å². The third-order valence-corrected chi connectivity index (χ3v) is 4.68. The average molecular weight is 324 g/mol. The number of carbonyl (C=O) groups excluding carboxylic acids is 2. The Balaban J connectivity index is 1.68. The second-order valence-corrected chi connectivity index (χ2v) is 6.30. The molecule has 1 heterocycles. The maximum absolute atomic E-state index is 12.9. The molecule has 0 spiro atoms. The number of nitrogens with zero attached hydrogens (tertiary/aromatic N) is 2. The molecule has 1 aliphatic heterocycles. The summed E-state index contributed by atoms with van der Waals surface area (Å²) in [4.78, 5) is 28.7. The Morgan fingerprint density at radius 3 is 2.33 bits per heavy atom. The van der Waals surface area contributed by atoms with E-state index >= 15 is 0 Å². The highest BCUT2D eigenvalue weighted by atomic mass is 16.2. The molecule has 1 aliphatic rings. The van der Waals surface area contributed by atoms with Crippen molar-refractivity contribution in [1.29, 1.82) is 0 Å². The second kappa shape index (κ2) is 7.47. The Hall–Kier alpha value is -2.36. The van der Waals surface area contributed by atoms with E-state index in [1.807, 2.05) is 52.3 Å². The van der Waals surface area contributed by atoms with Crippen LogP contribution in [-0.4, -0.2) is 47.8 Å². The number of benzene rings is 2. The van der Waals surface area contributed by atoms with Gasteiger partial charge in [-0.2, -0.15) is 0 Å². The van der Waals surface area contributed by atoms with Crippen molar-refractivity contribution in [1.82, 2.24) is 9.80 Å². The van der Waals surface area contributed by atoms with E-state index in [0.29, 0.717) is 32.6 Å². The quantitative estimate of drug-likeness (QED) is 0.866. The highest BCUT2D eigenvalue weighted by Gasteiger charge is 2.25. The summed E-state index contributed by atoms with van der Waals surface area (Å²) in [5.74, 6) is 0.279. The Morgan fingerprint density at radius 1 is 0.917 bits per heavy atom. The first kappa shape index (κ1) is 16.5. The maximum atomic E-state index is 12.9. The second-order valence-electron chi connectivity index (χ2n) is 6.30. The van der Waals surface area contributed by atoms with Gasteiger partial charge in [-0.25, -0.2) is 0 Å². The lowest BCUT2D eigenvalue weighted by Crippen LogP contribution is -2.50. The standard InChI is InChI=1S/C20H24N2O2/c1-2-3-11-19(23)21-12-14-22(15-13-21)20(24)18-10-6-8-16-7-4-5-9-17(16)18/h4-10H,2-3,11-15H2,1H3. The van der Waals surface area contributed by atoms with Crippen LogP contribution in [0.2, 0.25) is 0 Å². The minimum atomic E-state index is 0.0625. The van der Waals surface area contributed by atoms with Crippen molar-refractivity contribution in [2.24, 2.45) is 0 Å². The predicted molar refractivity (Wildman–Crippen MR) is 96.0 cm³/mol. The van der Waals surface area contributed by atoms with Crippen molar-refractivity contribution >= 4 is 22.6 Å². The van der Waals surface area contributed by atoms with E-state index in [-0.39, 0.29) is 11.8 Å². The number of rotatable bonds is 4. The summed E-state index contributed by atoms with van der Waals surface area (Å²) >= 11 is 0. The number of carbonyl (C=O) groups is 2. The Labute approximate surface area is 143 Å². The molecule has 0 unspecified atom stereocenters. The Morgan fingerprint density at radius 2 is 1.58 bits per heavy atom. The number of piperazine rings is 1. The number of unbranched alkanes of at least 4 members (excludes halogenated alkanes) is 1. The van der Waals surface area contributed by atoms with Crippen LogP contribution in [0.3, 0.4) is 0 Å². The molecule has 4 heteroatoms. The molecule has 4 nitrogen and oxygen atoms in total. The molecule has 3 rings (SSSR count). The molecule has 126 valence electrons. The topological polar surface area (TPSA) is 40.6 Å². The van der Waals surface area contributed by atoms with E-state index in [4.69, 9.17) is 0 Å². The van der Waals surface area contributed by atoms with Gasteiger partial charge in [-0.1, -0.05) is 49.7 Å². The van der Waals surface area contributed by atoms with E-state index < -0.39 is 0 Å². The average Bonchev–Trinajstić information content (AvgIpc) is 2.65. The summed E-state index contributed by atoms with van der Waals surface area (Å²) in [6.45, 7) is 4.59. The van der Waals surface area contributed by atoms with Gasteiger partial charge in [0.2, 0.25) is 5.91 Å². The molecule has 2 amide bonds. The van der Waals surface area contributed by atoms with Crippen molar-refractivity contribution in [2.75, 3.05) is 26.2 Å². The molecule has 1 saturated heterocycles. The number of hydrogen-bond acceptors (Lipinski definition) is 2. The van der Waals surface area contributed by atoms with Crippen LogP contribution in [0.4, 0.5) is 0 Å². The largest absolute Gasteiger partial charge is 0.339 e. The lowest BCUT2D eigenvalue weighted by atomic mass is 10.0. The zero-order chi connectivity index (χ0) is 16.9. The van der Waals surface area contributed by atoms with Gasteiger partial charge < -0.3 is 9.80 Å². The van der Waals surface area contributed by atoms with Gasteiger partial charge in [-0.15, -0.1) is 0 Å². The summed E-state index contributed by atoms with van der Waals surface area (Å²) in [6, 6.07) is 13.8. The predicted octanol–water partition coefficient (Wildman–Crippen LogP) is 3.31. The summed E-state index contributed by atoms with van der Waals surface area (Å²) in [5.41, 5.74) is 0.749. The molecular weight excluding hydrogens is 300 g/mol. The fourth-order valence-electron chi connectivity index (χ4n) is 3.23. The Bertz CT molecular complexity index is 728. The normalized spacial score (nSPS) is 14.9. The maximum Gasteiger partial charge on any atom is 0.254 e. The van der Waals surface area contributed by atoms with Crippen LogP contribution in [0.15, 0.2) is 42.5 Å². The lowest BCUT2D eigenvalue weighted by molar-refractivity contribution is -0.132. The van der Waals surface area contributed by atoms with Crippen LogP contribution in [0.5, 0.6) is 0 Å². The molecule has 1 fully saturated rings. The van der Waals surface area contributed by atoms with Crippen LogP contribution < -0.4 is 0 Å². The highest BCUT2D eigenvalue weighted by Crippen LogP contribution is 2.20. The van der Waals surface area contributed by atoms with Crippen LogP contribution >= 0.6 is 0 Å². The van der Waals surface area contributed by atoms with Crippen molar-refractivity contribution in [3.05, 3.63) is 48.0 Å². The van der Waals surface area contributed by atoms with Gasteiger partial charge in [-0.3, -0.25) is 9.59 Å². The summed E-state index contributed by atoms with van der Waals surface area (Å²) in [7, 11) is 0. The molecule has 0 radical (unpaired) electrons. The molecule has 0 aromatic heterocycles. The molecule has 0 bridgehead atoms. The van der Waals surface area contributed by atoms with Gasteiger partial charge in [0, 0.05) is 38.2 Å². The van der Waals surface area contributed by atoms with Gasteiger partial charge in [0.05, 0.1) is 0 Å². The third kappa shape index (κ3) is 3.42. The van der Waals surface area contributed by atoms with Gasteiger partial charge >= 0.3 is 0 Å². The van der Waals surface area contributed by atoms with Gasteiger partial charge in [0.15, 0.2) is 0 Å². The molecule has 24 heavy (non-hydrogen) atoms. The summed E-state index contributed by atoms with van der Waals surface area (Å²) in [6.07, 6.45) is 2.59. The van der Waals surface area contributed by atoms with Crippen LogP contribution in [0.1, 0.15) is 36.5 Å². The minimum absolute atomic E-state index is 0.0625. The van der Waals surface area contributed by atoms with Crippen LogP contribution in [0.25, 0.3) is 10.8 Å². The summed E-state index contributed by atoms with van der Waals surface area (Å²) < 4.78 is 0. The molecule has 0 aliphatic carbocycles.